The average molecular weight is 335 g/mol. The van der Waals surface area contributed by atoms with Gasteiger partial charge in [0.15, 0.2) is 0 Å². The van der Waals surface area contributed by atoms with Crippen LogP contribution in [-0.2, 0) is 4.79 Å². The summed E-state index contributed by atoms with van der Waals surface area (Å²) in [5.74, 6) is 1.24. The van der Waals surface area contributed by atoms with Gasteiger partial charge in [0, 0.05) is 6.04 Å². The smallest absolute Gasteiger partial charge is 0.230 e. The van der Waals surface area contributed by atoms with Gasteiger partial charge in [-0.25, -0.2) is 4.68 Å². The van der Waals surface area contributed by atoms with Crippen LogP contribution in [0.15, 0.2) is 5.16 Å². The molecule has 0 aromatic carbocycles. The number of nitrogens with zero attached hydrogens (tertiary/aromatic N) is 4. The molecule has 3 atom stereocenters. The van der Waals surface area contributed by atoms with Crippen molar-refractivity contribution in [3.05, 3.63) is 0 Å². The Bertz CT molecular complexity index is 626. The van der Waals surface area contributed by atoms with Crippen molar-refractivity contribution in [2.24, 2.45) is 16.7 Å². The number of rotatable bonds is 5. The molecule has 1 aromatic rings. The molecule has 23 heavy (non-hydrogen) atoms. The van der Waals surface area contributed by atoms with Gasteiger partial charge in [0.25, 0.3) is 0 Å². The van der Waals surface area contributed by atoms with Gasteiger partial charge in [-0.2, -0.15) is 0 Å². The molecule has 126 valence electrons. The van der Waals surface area contributed by atoms with Crippen LogP contribution < -0.4 is 5.32 Å². The number of amides is 1. The maximum absolute atomic E-state index is 12.4. The highest BCUT2D eigenvalue weighted by atomic mass is 32.2. The monoisotopic (exact) mass is 335 g/mol. The van der Waals surface area contributed by atoms with Crippen molar-refractivity contribution < 1.29 is 4.79 Å². The summed E-state index contributed by atoms with van der Waals surface area (Å²) in [5.41, 5.74) is 0.557. The summed E-state index contributed by atoms with van der Waals surface area (Å²) >= 11 is 1.45. The van der Waals surface area contributed by atoms with Crippen LogP contribution in [-0.4, -0.2) is 37.9 Å². The summed E-state index contributed by atoms with van der Waals surface area (Å²) < 4.78 is 1.86. The fraction of sp³-hybridized carbons (Fsp3) is 0.875. The lowest BCUT2D eigenvalue weighted by molar-refractivity contribution is -0.120. The molecule has 1 heterocycles. The van der Waals surface area contributed by atoms with Crippen molar-refractivity contribution in [3.8, 4) is 0 Å². The maximum atomic E-state index is 12.4. The Balaban J connectivity index is 1.35. The van der Waals surface area contributed by atoms with E-state index in [1.807, 2.05) is 4.68 Å². The van der Waals surface area contributed by atoms with Crippen LogP contribution in [0, 0.1) is 16.7 Å². The standard InChI is InChI=1S/C16H25N5OS/c1-15(2)10-6-7-16(15,3)12(8-10)17-13(22)9-23-14-18-19-20-21(14)11-4-5-11/h10-12H,4-9H2,1-3H3,(H,17,22)/t10-,12+,16-/m0/s1. The molecule has 1 aromatic heterocycles. The second-order valence-electron chi connectivity index (χ2n) is 8.16. The molecule has 0 spiro atoms. The lowest BCUT2D eigenvalue weighted by Crippen LogP contribution is -2.47. The van der Waals surface area contributed by atoms with E-state index in [2.05, 4.69) is 41.6 Å². The largest absolute Gasteiger partial charge is 0.352 e. The Morgan fingerprint density at radius 2 is 2.13 bits per heavy atom. The lowest BCUT2D eigenvalue weighted by atomic mass is 9.69. The summed E-state index contributed by atoms with van der Waals surface area (Å²) in [6.07, 6.45) is 5.94. The second kappa shape index (κ2) is 5.19. The van der Waals surface area contributed by atoms with E-state index in [-0.39, 0.29) is 11.3 Å². The Labute approximate surface area is 141 Å². The Kier molecular flexibility index (Phi) is 3.48. The summed E-state index contributed by atoms with van der Waals surface area (Å²) in [6.45, 7) is 7.09. The van der Waals surface area contributed by atoms with Crippen molar-refractivity contribution in [2.75, 3.05) is 5.75 Å². The maximum Gasteiger partial charge on any atom is 0.230 e. The molecule has 3 aliphatic carbocycles. The van der Waals surface area contributed by atoms with Gasteiger partial charge in [0.05, 0.1) is 11.8 Å². The van der Waals surface area contributed by atoms with E-state index in [9.17, 15) is 4.79 Å². The topological polar surface area (TPSA) is 72.7 Å². The quantitative estimate of drug-likeness (QED) is 0.837. The zero-order valence-electron chi connectivity index (χ0n) is 14.1. The molecule has 0 aliphatic heterocycles. The van der Waals surface area contributed by atoms with Gasteiger partial charge >= 0.3 is 0 Å². The molecule has 0 unspecified atom stereocenters. The third kappa shape index (κ3) is 2.39. The van der Waals surface area contributed by atoms with Gasteiger partial charge in [-0.3, -0.25) is 4.79 Å². The molecule has 3 aliphatic rings. The molecule has 0 radical (unpaired) electrons. The number of fused-ring (bicyclic) bond motifs is 2. The molecule has 4 rings (SSSR count). The number of hydrogen-bond acceptors (Lipinski definition) is 5. The summed E-state index contributed by atoms with van der Waals surface area (Å²) in [4.78, 5) is 12.4. The van der Waals surface area contributed by atoms with Crippen LogP contribution in [0.25, 0.3) is 0 Å². The van der Waals surface area contributed by atoms with E-state index in [1.165, 1.54) is 24.6 Å². The molecule has 7 heteroatoms. The number of carbonyl (C=O) groups excluding carboxylic acids is 1. The Hall–Kier alpha value is -1.11. The van der Waals surface area contributed by atoms with Gasteiger partial charge in [-0.1, -0.05) is 32.5 Å². The van der Waals surface area contributed by atoms with E-state index in [0.29, 0.717) is 23.3 Å². The normalized spacial score (nSPS) is 34.7. The van der Waals surface area contributed by atoms with E-state index in [1.54, 1.807) is 0 Å². The minimum Gasteiger partial charge on any atom is -0.352 e. The van der Waals surface area contributed by atoms with E-state index < -0.39 is 0 Å². The van der Waals surface area contributed by atoms with Crippen molar-refractivity contribution in [1.82, 2.24) is 25.5 Å². The molecular weight excluding hydrogens is 310 g/mol. The van der Waals surface area contributed by atoms with Crippen molar-refractivity contribution in [2.45, 2.75) is 70.1 Å². The second-order valence-corrected chi connectivity index (χ2v) is 9.10. The van der Waals surface area contributed by atoms with Crippen molar-refractivity contribution in [1.29, 1.82) is 0 Å². The minimum atomic E-state index is 0.106. The molecule has 2 bridgehead atoms. The van der Waals surface area contributed by atoms with Crippen LogP contribution in [0.3, 0.4) is 0 Å². The molecule has 3 saturated carbocycles. The zero-order valence-corrected chi connectivity index (χ0v) is 14.9. The average Bonchev–Trinajstić information content (AvgIpc) is 3.16. The van der Waals surface area contributed by atoms with Crippen LogP contribution in [0.2, 0.25) is 0 Å². The zero-order chi connectivity index (χ0) is 16.2. The highest BCUT2D eigenvalue weighted by Gasteiger charge is 2.61. The van der Waals surface area contributed by atoms with Crippen LogP contribution in [0.4, 0.5) is 0 Å². The number of aromatic nitrogens is 4. The van der Waals surface area contributed by atoms with Gasteiger partial charge in [0.1, 0.15) is 0 Å². The van der Waals surface area contributed by atoms with Crippen molar-refractivity contribution >= 4 is 17.7 Å². The number of hydrogen-bond donors (Lipinski definition) is 1. The van der Waals surface area contributed by atoms with Gasteiger partial charge in [-0.15, -0.1) is 5.10 Å². The minimum absolute atomic E-state index is 0.106. The Morgan fingerprint density at radius 1 is 1.35 bits per heavy atom. The third-order valence-electron chi connectivity index (χ3n) is 6.82. The van der Waals surface area contributed by atoms with Gasteiger partial charge < -0.3 is 5.32 Å². The highest BCUT2D eigenvalue weighted by Crippen LogP contribution is 2.65. The van der Waals surface area contributed by atoms with E-state index in [0.717, 1.165) is 30.3 Å². The Morgan fingerprint density at radius 3 is 2.74 bits per heavy atom. The number of nitrogens with one attached hydrogen (secondary N) is 1. The lowest BCUT2D eigenvalue weighted by Gasteiger charge is -2.39. The molecule has 6 nitrogen and oxygen atoms in total. The van der Waals surface area contributed by atoms with Gasteiger partial charge in [-0.05, 0) is 59.3 Å². The predicted molar refractivity (Wildman–Crippen MR) is 88.0 cm³/mol. The molecule has 3 fully saturated rings. The van der Waals surface area contributed by atoms with Crippen LogP contribution in [0.1, 0.15) is 58.9 Å². The first-order valence-electron chi connectivity index (χ1n) is 8.62. The molecule has 0 saturated heterocycles. The van der Waals surface area contributed by atoms with Crippen LogP contribution >= 0.6 is 11.8 Å². The first kappa shape index (κ1) is 15.4. The van der Waals surface area contributed by atoms with Gasteiger partial charge in [0.2, 0.25) is 11.1 Å². The summed E-state index contributed by atoms with van der Waals surface area (Å²) in [6, 6.07) is 0.754. The summed E-state index contributed by atoms with van der Waals surface area (Å²) in [5, 5.41) is 15.9. The number of carbonyl (C=O) groups is 1. The fourth-order valence-corrected chi connectivity index (χ4v) is 5.37. The third-order valence-corrected chi connectivity index (χ3v) is 7.75. The van der Waals surface area contributed by atoms with E-state index in [4.69, 9.17) is 0 Å². The molecular formula is C16H25N5OS. The van der Waals surface area contributed by atoms with E-state index >= 15 is 0 Å². The first-order valence-corrected chi connectivity index (χ1v) is 9.60. The fourth-order valence-electron chi connectivity index (χ4n) is 4.62. The number of tetrazole rings is 1. The summed E-state index contributed by atoms with van der Waals surface area (Å²) in [7, 11) is 0. The molecule has 1 N–H and O–H groups in total. The highest BCUT2D eigenvalue weighted by molar-refractivity contribution is 7.99. The predicted octanol–water partition coefficient (Wildman–Crippen LogP) is 2.43. The number of thioether (sulfide) groups is 1. The van der Waals surface area contributed by atoms with Crippen LogP contribution in [0.5, 0.6) is 0 Å². The molecule has 1 amide bonds. The SMILES string of the molecule is CC1(C)[C@H]2CC[C@@]1(C)[C@H](NC(=O)CSc1nnnn1C1CC1)C2. The first-order chi connectivity index (χ1) is 10.9. The van der Waals surface area contributed by atoms with Crippen molar-refractivity contribution in [3.63, 3.8) is 0 Å².